The Morgan fingerprint density at radius 1 is 1.21 bits per heavy atom. The molecule has 1 aromatic carbocycles. The van der Waals surface area contributed by atoms with Crippen LogP contribution in [0.3, 0.4) is 0 Å². The van der Waals surface area contributed by atoms with Gasteiger partial charge in [0.1, 0.15) is 6.04 Å². The summed E-state index contributed by atoms with van der Waals surface area (Å²) >= 11 is 0. The minimum absolute atomic E-state index is 0.0523. The van der Waals surface area contributed by atoms with Crippen LogP contribution in [0, 0.1) is 5.92 Å². The van der Waals surface area contributed by atoms with Crippen molar-refractivity contribution in [2.45, 2.75) is 25.9 Å². The van der Waals surface area contributed by atoms with E-state index in [0.717, 1.165) is 0 Å². The summed E-state index contributed by atoms with van der Waals surface area (Å²) in [4.78, 5) is 61.0. The van der Waals surface area contributed by atoms with Gasteiger partial charge < -0.3 is 31.4 Å². The first-order valence-electron chi connectivity index (χ1n) is 9.74. The fourth-order valence-corrected chi connectivity index (χ4v) is 2.90. The van der Waals surface area contributed by atoms with Gasteiger partial charge in [0.15, 0.2) is 11.2 Å². The predicted molar refractivity (Wildman–Crippen MR) is 114 cm³/mol. The van der Waals surface area contributed by atoms with Gasteiger partial charge in [-0.1, -0.05) is 6.92 Å². The van der Waals surface area contributed by atoms with E-state index < -0.39 is 35.4 Å². The van der Waals surface area contributed by atoms with E-state index in [1.165, 1.54) is 25.3 Å². The average Bonchev–Trinajstić information content (AvgIpc) is 2.77. The summed E-state index contributed by atoms with van der Waals surface area (Å²) in [5.74, 6) is -4.50. The standard InChI is InChI=1S/C20H21N7O6/c1-9(18(30)31)6-13(19(32)33)25-16(28)10-2-4-11(5-3-10)22-7-12-8-23-15-14(24-12)17(29)27-20(21)26-15/h2-5,8-9,13,22H,6-7H2,1H3,(H,25,28)(H,30,31)(H,32,33)(H3,21,23,26,27,29)/p-1. The molecule has 0 spiro atoms. The van der Waals surface area contributed by atoms with Crippen LogP contribution >= 0.6 is 0 Å². The number of fused-ring (bicyclic) bond motifs is 1. The average molecular weight is 454 g/mol. The minimum atomic E-state index is -1.40. The molecule has 2 unspecified atom stereocenters. The van der Waals surface area contributed by atoms with Crippen molar-refractivity contribution in [2.75, 3.05) is 11.1 Å². The molecule has 0 bridgehead atoms. The van der Waals surface area contributed by atoms with Gasteiger partial charge in [-0.3, -0.25) is 14.6 Å². The number of rotatable bonds is 9. The number of aromatic nitrogens is 4. The summed E-state index contributed by atoms with van der Waals surface area (Å²) in [7, 11) is 0. The zero-order valence-electron chi connectivity index (χ0n) is 17.4. The van der Waals surface area contributed by atoms with Crippen LogP contribution in [0.15, 0.2) is 35.3 Å². The third-order valence-electron chi connectivity index (χ3n) is 4.70. The molecule has 2 heterocycles. The molecule has 3 rings (SSSR count). The third kappa shape index (κ3) is 5.78. The second kappa shape index (κ2) is 9.72. The molecule has 0 saturated heterocycles. The fraction of sp³-hybridized carbons (Fsp3) is 0.250. The normalized spacial score (nSPS) is 12.6. The van der Waals surface area contributed by atoms with Crippen molar-refractivity contribution >= 4 is 40.6 Å². The van der Waals surface area contributed by atoms with Crippen LogP contribution in [0.4, 0.5) is 11.6 Å². The molecule has 1 amide bonds. The van der Waals surface area contributed by atoms with Crippen molar-refractivity contribution < 1.29 is 24.6 Å². The second-order valence-corrected chi connectivity index (χ2v) is 7.24. The summed E-state index contributed by atoms with van der Waals surface area (Å²) in [6.07, 6.45) is 1.14. The fourth-order valence-electron chi connectivity index (χ4n) is 2.90. The Balaban J connectivity index is 1.63. The molecule has 33 heavy (non-hydrogen) atoms. The number of nitrogens with zero attached hydrogens (tertiary/aromatic N) is 3. The number of aromatic amines is 1. The first-order valence-corrected chi connectivity index (χ1v) is 9.74. The van der Waals surface area contributed by atoms with Gasteiger partial charge in [0.2, 0.25) is 5.95 Å². The number of carboxylic acids is 2. The highest BCUT2D eigenvalue weighted by Gasteiger charge is 2.23. The minimum Gasteiger partial charge on any atom is -0.550 e. The van der Waals surface area contributed by atoms with Crippen LogP contribution in [-0.2, 0) is 16.1 Å². The molecule has 0 aliphatic heterocycles. The zero-order chi connectivity index (χ0) is 24.1. The summed E-state index contributed by atoms with van der Waals surface area (Å²) in [5.41, 5.74) is 6.43. The van der Waals surface area contributed by atoms with Gasteiger partial charge in [0.25, 0.3) is 11.5 Å². The summed E-state index contributed by atoms with van der Waals surface area (Å²) in [5, 5.41) is 25.5. The highest BCUT2D eigenvalue weighted by molar-refractivity contribution is 5.97. The highest BCUT2D eigenvalue weighted by atomic mass is 16.4. The predicted octanol–water partition coefficient (Wildman–Crippen LogP) is -1.13. The molecule has 0 aliphatic carbocycles. The van der Waals surface area contributed by atoms with E-state index >= 15 is 0 Å². The number of nitrogen functional groups attached to an aromatic ring is 1. The molecule has 6 N–H and O–H groups in total. The van der Waals surface area contributed by atoms with Crippen molar-refractivity contribution in [3.63, 3.8) is 0 Å². The number of nitrogens with two attached hydrogens (primary N) is 1. The van der Waals surface area contributed by atoms with Gasteiger partial charge in [0, 0.05) is 17.2 Å². The van der Waals surface area contributed by atoms with E-state index in [0.29, 0.717) is 11.4 Å². The van der Waals surface area contributed by atoms with E-state index in [2.05, 4.69) is 30.6 Å². The molecule has 172 valence electrons. The smallest absolute Gasteiger partial charge is 0.326 e. The monoisotopic (exact) mass is 454 g/mol. The first kappa shape index (κ1) is 23.1. The van der Waals surface area contributed by atoms with Crippen LogP contribution in [0.2, 0.25) is 0 Å². The maximum Gasteiger partial charge on any atom is 0.326 e. The molecule has 13 heteroatoms. The van der Waals surface area contributed by atoms with Crippen molar-refractivity contribution in [2.24, 2.45) is 5.92 Å². The number of anilines is 2. The number of benzene rings is 1. The zero-order valence-corrected chi connectivity index (χ0v) is 17.4. The van der Waals surface area contributed by atoms with Crippen LogP contribution < -0.4 is 27.0 Å². The van der Waals surface area contributed by atoms with Gasteiger partial charge in [-0.25, -0.2) is 14.8 Å². The molecule has 2 aromatic heterocycles. The number of carbonyl (C=O) groups is 3. The van der Waals surface area contributed by atoms with Crippen molar-refractivity contribution in [1.82, 2.24) is 25.3 Å². The van der Waals surface area contributed by atoms with Crippen molar-refractivity contribution in [1.29, 1.82) is 0 Å². The Bertz CT molecular complexity index is 1260. The third-order valence-corrected chi connectivity index (χ3v) is 4.70. The van der Waals surface area contributed by atoms with E-state index in [9.17, 15) is 29.4 Å². The Morgan fingerprint density at radius 3 is 2.55 bits per heavy atom. The topological polar surface area (TPSA) is 216 Å². The molecule has 0 radical (unpaired) electrons. The molecular formula is C20H20N7O6-. The number of hydrogen-bond donors (Lipinski definition) is 5. The molecule has 3 aromatic rings. The Kier molecular flexibility index (Phi) is 6.81. The van der Waals surface area contributed by atoms with Gasteiger partial charge in [-0.2, -0.15) is 4.98 Å². The van der Waals surface area contributed by atoms with E-state index in [4.69, 9.17) is 5.73 Å². The lowest BCUT2D eigenvalue weighted by Crippen LogP contribution is -2.44. The quantitative estimate of drug-likeness (QED) is 0.260. The van der Waals surface area contributed by atoms with E-state index in [1.54, 1.807) is 12.1 Å². The Morgan fingerprint density at radius 2 is 1.91 bits per heavy atom. The van der Waals surface area contributed by atoms with Crippen molar-refractivity contribution in [3.8, 4) is 0 Å². The largest absolute Gasteiger partial charge is 0.550 e. The summed E-state index contributed by atoms with van der Waals surface area (Å²) < 4.78 is 0. The summed E-state index contributed by atoms with van der Waals surface area (Å²) in [6, 6.07) is 4.77. The molecule has 0 aliphatic rings. The lowest BCUT2D eigenvalue weighted by molar-refractivity contribution is -0.311. The number of hydrogen-bond acceptors (Lipinski definition) is 10. The number of amides is 1. The lowest BCUT2D eigenvalue weighted by Gasteiger charge is -2.19. The Hall–Kier alpha value is -4.55. The van der Waals surface area contributed by atoms with E-state index in [-0.39, 0.29) is 35.6 Å². The Labute approximate surface area is 186 Å². The number of H-pyrrole nitrogens is 1. The number of carbonyl (C=O) groups excluding carboxylic acids is 2. The van der Waals surface area contributed by atoms with Gasteiger partial charge in [-0.05, 0) is 36.6 Å². The van der Waals surface area contributed by atoms with Gasteiger partial charge in [0.05, 0.1) is 18.4 Å². The SMILES string of the molecule is CC(CC(NC(=O)c1ccc(NCc2cnc3nc(N)[nH]c(=O)c3n2)cc1)C(=O)O)C(=O)[O-]. The maximum atomic E-state index is 12.4. The number of carboxylic acid groups (broad SMARTS) is 2. The molecule has 0 fully saturated rings. The lowest BCUT2D eigenvalue weighted by atomic mass is 10.0. The second-order valence-electron chi connectivity index (χ2n) is 7.24. The van der Waals surface area contributed by atoms with Crippen LogP contribution in [0.5, 0.6) is 0 Å². The number of aliphatic carboxylic acids is 2. The molecule has 0 saturated carbocycles. The van der Waals surface area contributed by atoms with Gasteiger partial charge in [-0.15, -0.1) is 0 Å². The maximum absolute atomic E-state index is 12.4. The van der Waals surface area contributed by atoms with Crippen molar-refractivity contribution in [3.05, 3.63) is 52.1 Å². The van der Waals surface area contributed by atoms with E-state index in [1.807, 2.05) is 0 Å². The summed E-state index contributed by atoms with van der Waals surface area (Å²) in [6.45, 7) is 1.53. The van der Waals surface area contributed by atoms with Gasteiger partial charge >= 0.3 is 5.97 Å². The van der Waals surface area contributed by atoms with Crippen LogP contribution in [0.1, 0.15) is 29.4 Å². The van der Waals surface area contributed by atoms with Crippen LogP contribution in [-0.4, -0.2) is 48.9 Å². The van der Waals surface area contributed by atoms with Crippen LogP contribution in [0.25, 0.3) is 11.2 Å². The molecule has 2 atom stereocenters. The number of nitrogens with one attached hydrogen (secondary N) is 3. The highest BCUT2D eigenvalue weighted by Crippen LogP contribution is 2.13. The first-order chi connectivity index (χ1) is 15.6. The molecular weight excluding hydrogens is 434 g/mol. The molecule has 13 nitrogen and oxygen atoms in total.